The molecule has 0 unspecified atom stereocenters. The lowest BCUT2D eigenvalue weighted by Crippen LogP contribution is -2.14. The number of aryl methyl sites for hydroxylation is 2. The van der Waals surface area contributed by atoms with Crippen molar-refractivity contribution in [2.24, 2.45) is 5.73 Å². The molecule has 0 atom stereocenters. The molecule has 98 valence electrons. The molecule has 1 aromatic carbocycles. The molecular weight excluding hydrogens is 263 g/mol. The van der Waals surface area contributed by atoms with Crippen LogP contribution in [0.2, 0.25) is 0 Å². The summed E-state index contributed by atoms with van der Waals surface area (Å²) in [5, 5.41) is 7.97. The molecule has 4 nitrogen and oxygen atoms in total. The third-order valence-electron chi connectivity index (χ3n) is 2.41. The van der Waals surface area contributed by atoms with Gasteiger partial charge < -0.3 is 5.73 Å². The second-order valence-electron chi connectivity index (χ2n) is 4.06. The van der Waals surface area contributed by atoms with Crippen LogP contribution in [0.15, 0.2) is 34.3 Å². The minimum absolute atomic E-state index is 0.0928. The SMILES string of the molecule is Cc1cc(C)nc(Sc2cccc(F)c2C(=N)N)n1. The maximum atomic E-state index is 13.7. The molecule has 0 bridgehead atoms. The van der Waals surface area contributed by atoms with Crippen molar-refractivity contribution >= 4 is 17.6 Å². The van der Waals surface area contributed by atoms with E-state index < -0.39 is 5.82 Å². The van der Waals surface area contributed by atoms with Crippen molar-refractivity contribution < 1.29 is 4.39 Å². The highest BCUT2D eigenvalue weighted by Crippen LogP contribution is 2.29. The van der Waals surface area contributed by atoms with E-state index in [1.54, 1.807) is 12.1 Å². The smallest absolute Gasteiger partial charge is 0.192 e. The second-order valence-corrected chi connectivity index (χ2v) is 5.07. The molecule has 0 saturated carbocycles. The maximum absolute atomic E-state index is 13.7. The van der Waals surface area contributed by atoms with E-state index in [1.807, 2.05) is 19.9 Å². The number of nitrogens with one attached hydrogen (secondary N) is 1. The molecule has 0 radical (unpaired) electrons. The van der Waals surface area contributed by atoms with Crippen LogP contribution in [-0.2, 0) is 0 Å². The number of rotatable bonds is 3. The molecule has 1 aromatic heterocycles. The Morgan fingerprint density at radius 2 is 1.89 bits per heavy atom. The predicted octanol–water partition coefficient (Wildman–Crippen LogP) is 2.67. The van der Waals surface area contributed by atoms with Crippen molar-refractivity contribution in [2.75, 3.05) is 0 Å². The number of halogens is 1. The summed E-state index contributed by atoms with van der Waals surface area (Å²) in [7, 11) is 0. The average molecular weight is 276 g/mol. The van der Waals surface area contributed by atoms with Gasteiger partial charge in [0.25, 0.3) is 0 Å². The minimum atomic E-state index is -0.512. The highest BCUT2D eigenvalue weighted by atomic mass is 32.2. The number of nitrogen functional groups attached to an aromatic ring is 1. The molecule has 0 aliphatic heterocycles. The summed E-state index contributed by atoms with van der Waals surface area (Å²) in [5.74, 6) is -0.813. The van der Waals surface area contributed by atoms with Crippen LogP contribution in [0.4, 0.5) is 4.39 Å². The Kier molecular flexibility index (Phi) is 3.80. The molecule has 0 amide bonds. The Labute approximate surface area is 114 Å². The van der Waals surface area contributed by atoms with Gasteiger partial charge in [-0.15, -0.1) is 0 Å². The summed E-state index contributed by atoms with van der Waals surface area (Å²) in [4.78, 5) is 9.09. The van der Waals surface area contributed by atoms with Crippen molar-refractivity contribution in [3.63, 3.8) is 0 Å². The van der Waals surface area contributed by atoms with Crippen molar-refractivity contribution in [2.45, 2.75) is 23.9 Å². The fraction of sp³-hybridized carbons (Fsp3) is 0.154. The third-order valence-corrected chi connectivity index (χ3v) is 3.33. The van der Waals surface area contributed by atoms with Gasteiger partial charge in [-0.2, -0.15) is 0 Å². The van der Waals surface area contributed by atoms with Crippen LogP contribution >= 0.6 is 11.8 Å². The molecule has 0 aliphatic rings. The zero-order valence-corrected chi connectivity index (χ0v) is 11.4. The molecule has 2 aromatic rings. The van der Waals surface area contributed by atoms with Crippen molar-refractivity contribution in [1.82, 2.24) is 9.97 Å². The van der Waals surface area contributed by atoms with E-state index in [1.165, 1.54) is 17.8 Å². The molecule has 3 N–H and O–H groups in total. The van der Waals surface area contributed by atoms with Crippen LogP contribution in [0.25, 0.3) is 0 Å². The van der Waals surface area contributed by atoms with Gasteiger partial charge in [-0.3, -0.25) is 5.41 Å². The van der Waals surface area contributed by atoms with E-state index in [0.29, 0.717) is 10.1 Å². The number of nitrogens with two attached hydrogens (primary N) is 1. The third kappa shape index (κ3) is 3.08. The van der Waals surface area contributed by atoms with Crippen molar-refractivity contribution in [3.05, 3.63) is 47.0 Å². The Balaban J connectivity index is 2.43. The fourth-order valence-corrected chi connectivity index (χ4v) is 2.72. The summed E-state index contributed by atoms with van der Waals surface area (Å²) >= 11 is 1.20. The first kappa shape index (κ1) is 13.5. The van der Waals surface area contributed by atoms with E-state index in [9.17, 15) is 4.39 Å². The Bertz CT molecular complexity index is 622. The van der Waals surface area contributed by atoms with Crippen LogP contribution in [0.5, 0.6) is 0 Å². The van der Waals surface area contributed by atoms with Crippen LogP contribution in [0.1, 0.15) is 17.0 Å². The zero-order chi connectivity index (χ0) is 14.0. The standard InChI is InChI=1S/C13H13FN4S/c1-7-6-8(2)18-13(17-7)19-10-5-3-4-9(14)11(10)12(15)16/h3-6H,1-2H3,(H3,15,16). The van der Waals surface area contributed by atoms with Gasteiger partial charge in [0.15, 0.2) is 5.16 Å². The first-order chi connectivity index (χ1) is 8.97. The number of nitrogens with zero attached hydrogens (tertiary/aromatic N) is 2. The number of aromatic nitrogens is 2. The Morgan fingerprint density at radius 3 is 2.47 bits per heavy atom. The van der Waals surface area contributed by atoms with Crippen molar-refractivity contribution in [1.29, 1.82) is 5.41 Å². The van der Waals surface area contributed by atoms with Crippen LogP contribution in [0.3, 0.4) is 0 Å². The van der Waals surface area contributed by atoms with E-state index in [0.717, 1.165) is 11.4 Å². The molecule has 0 aliphatic carbocycles. The maximum Gasteiger partial charge on any atom is 0.192 e. The van der Waals surface area contributed by atoms with E-state index >= 15 is 0 Å². The highest BCUT2D eigenvalue weighted by Gasteiger charge is 2.13. The summed E-state index contributed by atoms with van der Waals surface area (Å²) in [6.45, 7) is 3.74. The number of benzene rings is 1. The molecule has 0 saturated heterocycles. The lowest BCUT2D eigenvalue weighted by molar-refractivity contribution is 0.621. The van der Waals surface area contributed by atoms with Gasteiger partial charge in [-0.1, -0.05) is 6.07 Å². The monoisotopic (exact) mass is 276 g/mol. The summed E-state index contributed by atoms with van der Waals surface area (Å²) < 4.78 is 13.7. The molecule has 2 rings (SSSR count). The molecule has 1 heterocycles. The molecule has 6 heteroatoms. The number of hydrogen-bond acceptors (Lipinski definition) is 4. The van der Waals surface area contributed by atoms with Gasteiger partial charge in [0.1, 0.15) is 11.7 Å². The lowest BCUT2D eigenvalue weighted by atomic mass is 10.2. The highest BCUT2D eigenvalue weighted by molar-refractivity contribution is 7.99. The quantitative estimate of drug-likeness (QED) is 0.513. The van der Waals surface area contributed by atoms with E-state index in [-0.39, 0.29) is 11.4 Å². The summed E-state index contributed by atoms with van der Waals surface area (Å²) in [6.07, 6.45) is 0. The van der Waals surface area contributed by atoms with Crippen LogP contribution in [-0.4, -0.2) is 15.8 Å². The second kappa shape index (κ2) is 5.36. The van der Waals surface area contributed by atoms with Gasteiger partial charge >= 0.3 is 0 Å². The lowest BCUT2D eigenvalue weighted by Gasteiger charge is -2.08. The first-order valence-corrected chi connectivity index (χ1v) is 6.42. The Hall–Kier alpha value is -1.95. The Morgan fingerprint density at radius 1 is 1.26 bits per heavy atom. The van der Waals surface area contributed by atoms with Gasteiger partial charge in [0, 0.05) is 16.3 Å². The van der Waals surface area contributed by atoms with Gasteiger partial charge in [0.05, 0.1) is 5.56 Å². The summed E-state index contributed by atoms with van der Waals surface area (Å²) in [5.41, 5.74) is 7.20. The first-order valence-electron chi connectivity index (χ1n) is 5.60. The van der Waals surface area contributed by atoms with Gasteiger partial charge in [-0.05, 0) is 43.8 Å². The average Bonchev–Trinajstić information content (AvgIpc) is 2.26. The van der Waals surface area contributed by atoms with Gasteiger partial charge in [0.2, 0.25) is 0 Å². The largest absolute Gasteiger partial charge is 0.384 e. The molecule has 0 spiro atoms. The van der Waals surface area contributed by atoms with Crippen LogP contribution < -0.4 is 5.73 Å². The fourth-order valence-electron chi connectivity index (χ4n) is 1.69. The van der Waals surface area contributed by atoms with Gasteiger partial charge in [-0.25, -0.2) is 14.4 Å². The van der Waals surface area contributed by atoms with Crippen LogP contribution in [0, 0.1) is 25.1 Å². The predicted molar refractivity (Wildman–Crippen MR) is 73.0 cm³/mol. The molecular formula is C13H13FN4S. The molecule has 19 heavy (non-hydrogen) atoms. The van der Waals surface area contributed by atoms with Crippen molar-refractivity contribution in [3.8, 4) is 0 Å². The van der Waals surface area contributed by atoms with E-state index in [4.69, 9.17) is 11.1 Å². The number of hydrogen-bond donors (Lipinski definition) is 2. The summed E-state index contributed by atoms with van der Waals surface area (Å²) in [6, 6.07) is 6.42. The molecule has 0 fully saturated rings. The normalized spacial score (nSPS) is 10.5. The number of amidine groups is 1. The zero-order valence-electron chi connectivity index (χ0n) is 10.6. The minimum Gasteiger partial charge on any atom is -0.384 e. The van der Waals surface area contributed by atoms with E-state index in [2.05, 4.69) is 9.97 Å². The topological polar surface area (TPSA) is 75.7 Å².